The topological polar surface area (TPSA) is 55.5 Å². The fourth-order valence-electron chi connectivity index (χ4n) is 1.26. The van der Waals surface area contributed by atoms with Crippen LogP contribution < -0.4 is 10.5 Å². The van der Waals surface area contributed by atoms with Gasteiger partial charge in [0.25, 0.3) is 0 Å². The Morgan fingerprint density at radius 2 is 2.07 bits per heavy atom. The van der Waals surface area contributed by atoms with Crippen molar-refractivity contribution in [2.45, 2.75) is 25.5 Å². The zero-order valence-electron chi connectivity index (χ0n) is 9.12. The van der Waals surface area contributed by atoms with Crippen LogP contribution in [0.1, 0.15) is 25.5 Å². The lowest BCUT2D eigenvalue weighted by molar-refractivity contribution is 0.105. The number of aliphatic hydroxyl groups is 1. The number of rotatable bonds is 3. The van der Waals surface area contributed by atoms with Gasteiger partial charge >= 0.3 is 0 Å². The van der Waals surface area contributed by atoms with Crippen molar-refractivity contribution >= 4 is 11.6 Å². The molecule has 0 saturated heterocycles. The van der Waals surface area contributed by atoms with Crippen LogP contribution in [-0.2, 0) is 0 Å². The standard InChI is InChI=1S/C11H16ClNO2/c1-11(2,13)10(14)8-5-4-7(15-3)6-9(8)12/h4-6,10,14H,13H2,1-3H3. The second kappa shape index (κ2) is 4.39. The molecule has 0 aromatic heterocycles. The smallest absolute Gasteiger partial charge is 0.120 e. The number of hydrogen-bond acceptors (Lipinski definition) is 3. The summed E-state index contributed by atoms with van der Waals surface area (Å²) in [5, 5.41) is 10.4. The van der Waals surface area contributed by atoms with Crippen LogP contribution in [0.5, 0.6) is 5.75 Å². The van der Waals surface area contributed by atoms with Gasteiger partial charge in [-0.25, -0.2) is 0 Å². The zero-order chi connectivity index (χ0) is 11.6. The SMILES string of the molecule is COc1ccc(C(O)C(C)(C)N)c(Cl)c1. The van der Waals surface area contributed by atoms with Crippen LogP contribution in [0, 0.1) is 0 Å². The summed E-state index contributed by atoms with van der Waals surface area (Å²) in [7, 11) is 1.56. The first-order valence-corrected chi connectivity index (χ1v) is 5.04. The van der Waals surface area contributed by atoms with Gasteiger partial charge in [0.2, 0.25) is 0 Å². The Morgan fingerprint density at radius 1 is 1.47 bits per heavy atom. The van der Waals surface area contributed by atoms with Crippen LogP contribution in [-0.4, -0.2) is 17.8 Å². The van der Waals surface area contributed by atoms with Gasteiger partial charge in [0.1, 0.15) is 5.75 Å². The van der Waals surface area contributed by atoms with Crippen LogP contribution in [0.15, 0.2) is 18.2 Å². The van der Waals surface area contributed by atoms with Crippen molar-refractivity contribution in [1.82, 2.24) is 0 Å². The van der Waals surface area contributed by atoms with Gasteiger partial charge in [0, 0.05) is 11.1 Å². The molecule has 15 heavy (non-hydrogen) atoms. The van der Waals surface area contributed by atoms with Crippen LogP contribution in [0.4, 0.5) is 0 Å². The van der Waals surface area contributed by atoms with Crippen molar-refractivity contribution in [2.24, 2.45) is 5.73 Å². The Hall–Kier alpha value is -0.770. The third-order valence-corrected chi connectivity index (χ3v) is 2.53. The summed E-state index contributed by atoms with van der Waals surface area (Å²) >= 11 is 6.01. The largest absolute Gasteiger partial charge is 0.497 e. The molecular formula is C11H16ClNO2. The van der Waals surface area contributed by atoms with E-state index in [1.165, 1.54) is 0 Å². The zero-order valence-corrected chi connectivity index (χ0v) is 9.88. The van der Waals surface area contributed by atoms with Crippen LogP contribution in [0.3, 0.4) is 0 Å². The molecule has 0 heterocycles. The number of aliphatic hydroxyl groups excluding tert-OH is 1. The first kappa shape index (κ1) is 12.3. The lowest BCUT2D eigenvalue weighted by Gasteiger charge is -2.26. The maximum Gasteiger partial charge on any atom is 0.120 e. The fraction of sp³-hybridized carbons (Fsp3) is 0.455. The molecule has 0 saturated carbocycles. The number of halogens is 1. The molecule has 4 heteroatoms. The predicted molar refractivity (Wildman–Crippen MR) is 61.2 cm³/mol. The third kappa shape index (κ3) is 2.84. The van der Waals surface area contributed by atoms with Crippen molar-refractivity contribution in [3.05, 3.63) is 28.8 Å². The van der Waals surface area contributed by atoms with Crippen LogP contribution in [0.25, 0.3) is 0 Å². The maximum atomic E-state index is 9.95. The van der Waals surface area contributed by atoms with E-state index >= 15 is 0 Å². The summed E-state index contributed by atoms with van der Waals surface area (Å²) in [5.41, 5.74) is 5.70. The number of nitrogens with two attached hydrogens (primary N) is 1. The Bertz CT molecular complexity index is 347. The van der Waals surface area contributed by atoms with Crippen molar-refractivity contribution in [3.8, 4) is 5.75 Å². The highest BCUT2D eigenvalue weighted by atomic mass is 35.5. The molecule has 1 unspecified atom stereocenters. The van der Waals surface area contributed by atoms with E-state index in [-0.39, 0.29) is 0 Å². The molecule has 1 aromatic rings. The quantitative estimate of drug-likeness (QED) is 0.835. The molecule has 0 aliphatic carbocycles. The Morgan fingerprint density at radius 3 is 2.47 bits per heavy atom. The third-order valence-electron chi connectivity index (χ3n) is 2.21. The second-order valence-corrected chi connectivity index (χ2v) is 4.52. The lowest BCUT2D eigenvalue weighted by Crippen LogP contribution is -2.39. The van der Waals surface area contributed by atoms with E-state index in [1.807, 2.05) is 0 Å². The lowest BCUT2D eigenvalue weighted by atomic mass is 9.92. The van der Waals surface area contributed by atoms with Crippen LogP contribution in [0.2, 0.25) is 5.02 Å². The highest BCUT2D eigenvalue weighted by Gasteiger charge is 2.26. The Balaban J connectivity index is 3.06. The summed E-state index contributed by atoms with van der Waals surface area (Å²) in [4.78, 5) is 0. The predicted octanol–water partition coefficient (Wildman–Crippen LogP) is 2.12. The van der Waals surface area contributed by atoms with Crippen LogP contribution >= 0.6 is 11.6 Å². The molecule has 3 nitrogen and oxygen atoms in total. The second-order valence-electron chi connectivity index (χ2n) is 4.11. The molecule has 3 N–H and O–H groups in total. The van der Waals surface area contributed by atoms with Gasteiger partial charge in [-0.1, -0.05) is 17.7 Å². The molecule has 1 rings (SSSR count). The molecule has 0 bridgehead atoms. The molecule has 0 radical (unpaired) electrons. The van der Waals surface area contributed by atoms with E-state index in [0.717, 1.165) is 0 Å². The Kier molecular flexibility index (Phi) is 3.60. The highest BCUT2D eigenvalue weighted by molar-refractivity contribution is 6.31. The van der Waals surface area contributed by atoms with E-state index in [9.17, 15) is 5.11 Å². The van der Waals surface area contributed by atoms with Gasteiger partial charge in [-0.15, -0.1) is 0 Å². The summed E-state index contributed by atoms with van der Waals surface area (Å²) in [6.45, 7) is 3.50. The molecule has 1 atom stereocenters. The van der Waals surface area contributed by atoms with E-state index < -0.39 is 11.6 Å². The first-order valence-electron chi connectivity index (χ1n) is 4.66. The summed E-state index contributed by atoms with van der Waals surface area (Å²) in [6, 6.07) is 5.13. The number of methoxy groups -OCH3 is 1. The molecule has 0 fully saturated rings. The van der Waals surface area contributed by atoms with Gasteiger partial charge in [-0.2, -0.15) is 0 Å². The van der Waals surface area contributed by atoms with Crippen molar-refractivity contribution in [2.75, 3.05) is 7.11 Å². The molecule has 84 valence electrons. The van der Waals surface area contributed by atoms with Gasteiger partial charge in [-0.3, -0.25) is 0 Å². The molecule has 0 spiro atoms. The van der Waals surface area contributed by atoms with Crippen molar-refractivity contribution in [1.29, 1.82) is 0 Å². The minimum absolute atomic E-state index is 0.459. The minimum Gasteiger partial charge on any atom is -0.497 e. The monoisotopic (exact) mass is 229 g/mol. The van der Waals surface area contributed by atoms with Crippen molar-refractivity contribution < 1.29 is 9.84 Å². The van der Waals surface area contributed by atoms with Crippen molar-refractivity contribution in [3.63, 3.8) is 0 Å². The Labute approximate surface area is 94.8 Å². The van der Waals surface area contributed by atoms with Gasteiger partial charge < -0.3 is 15.6 Å². The van der Waals surface area contributed by atoms with Gasteiger partial charge in [-0.05, 0) is 26.0 Å². The van der Waals surface area contributed by atoms with E-state index in [0.29, 0.717) is 16.3 Å². The summed E-state index contributed by atoms with van der Waals surface area (Å²) in [6.07, 6.45) is -0.795. The van der Waals surface area contributed by atoms with Gasteiger partial charge in [0.15, 0.2) is 0 Å². The number of benzene rings is 1. The molecule has 1 aromatic carbocycles. The molecule has 0 amide bonds. The first-order chi connectivity index (χ1) is 6.86. The average molecular weight is 230 g/mol. The molecular weight excluding hydrogens is 214 g/mol. The molecule has 0 aliphatic heterocycles. The van der Waals surface area contributed by atoms with E-state index in [4.69, 9.17) is 22.1 Å². The summed E-state index contributed by atoms with van der Waals surface area (Å²) < 4.78 is 5.02. The highest BCUT2D eigenvalue weighted by Crippen LogP contribution is 2.31. The fourth-order valence-corrected chi connectivity index (χ4v) is 1.53. The molecule has 0 aliphatic rings. The number of ether oxygens (including phenoxy) is 1. The number of hydrogen-bond donors (Lipinski definition) is 2. The van der Waals surface area contributed by atoms with E-state index in [2.05, 4.69) is 0 Å². The van der Waals surface area contributed by atoms with Gasteiger partial charge in [0.05, 0.1) is 18.2 Å². The average Bonchev–Trinajstić information content (AvgIpc) is 2.15. The minimum atomic E-state index is -0.795. The van der Waals surface area contributed by atoms with E-state index in [1.54, 1.807) is 39.2 Å². The summed E-state index contributed by atoms with van der Waals surface area (Å²) in [5.74, 6) is 0.658. The normalized spacial score (nSPS) is 13.7. The maximum absolute atomic E-state index is 9.95.